The lowest BCUT2D eigenvalue weighted by Crippen LogP contribution is -2.44. The zero-order chi connectivity index (χ0) is 28.5. The van der Waals surface area contributed by atoms with Gasteiger partial charge in [-0.3, -0.25) is 4.90 Å². The largest absolute Gasteiger partial charge is 0.490 e. The van der Waals surface area contributed by atoms with Crippen LogP contribution in [-0.2, 0) is 9.59 Å². The van der Waals surface area contributed by atoms with Gasteiger partial charge in [-0.25, -0.2) is 9.59 Å². The van der Waals surface area contributed by atoms with Crippen LogP contribution < -0.4 is 10.6 Å². The molecule has 7 nitrogen and oxygen atoms in total. The first-order valence-corrected chi connectivity index (χ1v) is 11.7. The normalized spacial score (nSPS) is 18.6. The quantitative estimate of drug-likeness (QED) is 0.480. The third kappa shape index (κ3) is 9.86. The number of alkyl halides is 6. The summed E-state index contributed by atoms with van der Waals surface area (Å²) in [6, 6.07) is 20.8. The number of aliphatic carboxylic acids is 2. The Morgan fingerprint density at radius 1 is 0.737 bits per heavy atom. The fourth-order valence-corrected chi connectivity index (χ4v) is 4.13. The van der Waals surface area contributed by atoms with Gasteiger partial charge in [0.15, 0.2) is 0 Å². The highest BCUT2D eigenvalue weighted by Crippen LogP contribution is 2.27. The molecule has 2 fully saturated rings. The van der Waals surface area contributed by atoms with E-state index in [9.17, 15) is 26.3 Å². The molecule has 0 spiro atoms. The topological polar surface area (TPSA) is 107 Å². The second-order valence-corrected chi connectivity index (χ2v) is 8.78. The van der Waals surface area contributed by atoms with Crippen molar-refractivity contribution in [1.82, 2.24) is 4.90 Å². The summed E-state index contributed by atoms with van der Waals surface area (Å²) in [5, 5.41) is 14.2. The second-order valence-electron chi connectivity index (χ2n) is 8.78. The van der Waals surface area contributed by atoms with Crippen molar-refractivity contribution in [1.29, 1.82) is 0 Å². The molecule has 2 aromatic rings. The van der Waals surface area contributed by atoms with Crippen molar-refractivity contribution >= 4 is 17.6 Å². The zero-order valence-electron chi connectivity index (χ0n) is 20.3. The Kier molecular flexibility index (Phi) is 11.0. The van der Waals surface area contributed by atoms with Crippen LogP contribution in [0.5, 0.6) is 0 Å². The summed E-state index contributed by atoms with van der Waals surface area (Å²) in [4.78, 5) is 22.9. The minimum Gasteiger partial charge on any atom is -0.475 e. The van der Waals surface area contributed by atoms with Gasteiger partial charge in [0.2, 0.25) is 0 Å². The lowest BCUT2D eigenvalue weighted by atomic mass is 10.0. The Morgan fingerprint density at radius 2 is 1.18 bits per heavy atom. The predicted octanol–water partition coefficient (Wildman–Crippen LogP) is 4.62. The van der Waals surface area contributed by atoms with Gasteiger partial charge < -0.3 is 20.8 Å². The lowest BCUT2D eigenvalue weighted by Gasteiger charge is -2.38. The number of carbonyl (C=O) groups is 2. The van der Waals surface area contributed by atoms with Gasteiger partial charge in [0.1, 0.15) is 0 Å². The van der Waals surface area contributed by atoms with Gasteiger partial charge >= 0.3 is 24.3 Å². The molecule has 4 N–H and O–H groups in total. The number of hydrogen-bond donors (Lipinski definition) is 3. The molecule has 0 bridgehead atoms. The number of nitrogens with zero attached hydrogens (tertiary/aromatic N) is 2. The van der Waals surface area contributed by atoms with Crippen LogP contribution in [0.2, 0.25) is 0 Å². The van der Waals surface area contributed by atoms with Gasteiger partial charge in [-0.1, -0.05) is 42.5 Å². The Morgan fingerprint density at radius 3 is 1.58 bits per heavy atom. The number of likely N-dealkylation sites (tertiary alicyclic amines) is 1. The van der Waals surface area contributed by atoms with Gasteiger partial charge in [0.05, 0.1) is 0 Å². The van der Waals surface area contributed by atoms with Crippen LogP contribution in [0.1, 0.15) is 19.3 Å². The fourth-order valence-electron chi connectivity index (χ4n) is 4.13. The molecule has 0 unspecified atom stereocenters. The molecule has 4 rings (SSSR count). The van der Waals surface area contributed by atoms with Crippen LogP contribution >= 0.6 is 0 Å². The standard InChI is InChI=1S/C21H27N3.2C2HF3O2/c22-19-10-13-24(16-19)21-11-14-23(15-12-21)20-8-6-18(7-9-20)17-4-2-1-3-5-17;2*3-2(4,5)1(6)7/h1-9,19,21H,10-16,22H2;2*(H,6,7)/t19-;;/m1../s1. The van der Waals surface area contributed by atoms with E-state index < -0.39 is 24.3 Å². The second kappa shape index (κ2) is 13.5. The number of benzene rings is 2. The third-order valence-electron chi connectivity index (χ3n) is 6.06. The van der Waals surface area contributed by atoms with E-state index in [2.05, 4.69) is 64.4 Å². The molecule has 2 heterocycles. The average Bonchev–Trinajstić information content (AvgIpc) is 3.31. The van der Waals surface area contributed by atoms with Crippen molar-refractivity contribution in [2.24, 2.45) is 5.73 Å². The molecule has 210 valence electrons. The number of nitrogens with two attached hydrogens (primary N) is 1. The van der Waals surface area contributed by atoms with E-state index in [1.165, 1.54) is 42.6 Å². The van der Waals surface area contributed by atoms with Crippen molar-refractivity contribution in [3.8, 4) is 11.1 Å². The Hall–Kier alpha value is -3.32. The van der Waals surface area contributed by atoms with E-state index in [1.54, 1.807) is 0 Å². The van der Waals surface area contributed by atoms with Crippen molar-refractivity contribution in [3.63, 3.8) is 0 Å². The molecule has 2 saturated heterocycles. The highest BCUT2D eigenvalue weighted by Gasteiger charge is 2.39. The molecule has 38 heavy (non-hydrogen) atoms. The summed E-state index contributed by atoms with van der Waals surface area (Å²) < 4.78 is 63.5. The van der Waals surface area contributed by atoms with Crippen molar-refractivity contribution < 1.29 is 46.1 Å². The van der Waals surface area contributed by atoms with Gasteiger partial charge in [0.25, 0.3) is 0 Å². The van der Waals surface area contributed by atoms with Crippen LogP contribution in [0.3, 0.4) is 0 Å². The zero-order valence-corrected chi connectivity index (χ0v) is 20.3. The number of piperidine rings is 1. The van der Waals surface area contributed by atoms with E-state index >= 15 is 0 Å². The van der Waals surface area contributed by atoms with E-state index in [1.807, 2.05) is 0 Å². The molecule has 2 aliphatic heterocycles. The van der Waals surface area contributed by atoms with Crippen molar-refractivity contribution in [2.45, 2.75) is 43.7 Å². The number of halogens is 6. The molecule has 2 aliphatic rings. The molecule has 1 atom stereocenters. The predicted molar refractivity (Wildman–Crippen MR) is 129 cm³/mol. The summed E-state index contributed by atoms with van der Waals surface area (Å²) in [6.45, 7) is 4.59. The third-order valence-corrected chi connectivity index (χ3v) is 6.06. The number of hydrogen-bond acceptors (Lipinski definition) is 5. The average molecular weight is 550 g/mol. The SMILES string of the molecule is N[C@@H]1CCN(C2CCN(c3ccc(-c4ccccc4)cc3)CC2)C1.O=C(O)C(F)(F)F.O=C(O)C(F)(F)F. The number of carboxylic acid groups (broad SMARTS) is 2. The maximum atomic E-state index is 10.6. The molecule has 0 amide bonds. The Labute approximate surface area is 215 Å². The maximum Gasteiger partial charge on any atom is 0.490 e. The molecular weight excluding hydrogens is 520 g/mol. The minimum atomic E-state index is -5.08. The van der Waals surface area contributed by atoms with Crippen LogP contribution in [-0.4, -0.2) is 77.7 Å². The monoisotopic (exact) mass is 549 g/mol. The summed E-state index contributed by atoms with van der Waals surface area (Å²) in [5.41, 5.74) is 9.99. The van der Waals surface area contributed by atoms with E-state index in [0.29, 0.717) is 6.04 Å². The van der Waals surface area contributed by atoms with Gasteiger partial charge in [0, 0.05) is 44.0 Å². The van der Waals surface area contributed by atoms with Crippen molar-refractivity contribution in [2.75, 3.05) is 31.1 Å². The number of carboxylic acids is 2. The molecule has 0 aromatic heterocycles. The molecule has 0 aliphatic carbocycles. The molecule has 0 radical (unpaired) electrons. The van der Waals surface area contributed by atoms with E-state index in [4.69, 9.17) is 25.5 Å². The van der Waals surface area contributed by atoms with Gasteiger partial charge in [-0.05, 0) is 42.5 Å². The summed E-state index contributed by atoms with van der Waals surface area (Å²) in [5.74, 6) is -5.51. The smallest absolute Gasteiger partial charge is 0.475 e. The van der Waals surface area contributed by atoms with Gasteiger partial charge in [-0.15, -0.1) is 0 Å². The van der Waals surface area contributed by atoms with Crippen LogP contribution in [0.15, 0.2) is 54.6 Å². The number of anilines is 1. The van der Waals surface area contributed by atoms with E-state index in [-0.39, 0.29) is 0 Å². The summed E-state index contributed by atoms with van der Waals surface area (Å²) in [7, 11) is 0. The van der Waals surface area contributed by atoms with Crippen molar-refractivity contribution in [3.05, 3.63) is 54.6 Å². The van der Waals surface area contributed by atoms with Crippen LogP contribution in [0.4, 0.5) is 32.0 Å². The molecular formula is C25H29F6N3O4. The highest BCUT2D eigenvalue weighted by molar-refractivity contribution is 5.73. The number of rotatable bonds is 3. The lowest BCUT2D eigenvalue weighted by molar-refractivity contribution is -0.193. The first kappa shape index (κ1) is 30.9. The fraction of sp³-hybridized carbons (Fsp3) is 0.440. The van der Waals surface area contributed by atoms with E-state index in [0.717, 1.165) is 25.7 Å². The minimum absolute atomic E-state index is 0.397. The molecule has 0 saturated carbocycles. The Balaban J connectivity index is 0.000000301. The molecule has 13 heteroatoms. The maximum absolute atomic E-state index is 10.6. The van der Waals surface area contributed by atoms with Crippen LogP contribution in [0.25, 0.3) is 11.1 Å². The molecule has 2 aromatic carbocycles. The highest BCUT2D eigenvalue weighted by atomic mass is 19.4. The summed E-state index contributed by atoms with van der Waals surface area (Å²) >= 11 is 0. The van der Waals surface area contributed by atoms with Gasteiger partial charge in [-0.2, -0.15) is 26.3 Å². The summed E-state index contributed by atoms with van der Waals surface area (Å²) in [6.07, 6.45) is -6.48. The first-order chi connectivity index (χ1) is 17.7. The van der Waals surface area contributed by atoms with Crippen LogP contribution in [0, 0.1) is 0 Å². The Bertz CT molecular complexity index is 1000. The first-order valence-electron chi connectivity index (χ1n) is 11.7.